The van der Waals surface area contributed by atoms with Crippen LogP contribution in [0.25, 0.3) is 0 Å². The van der Waals surface area contributed by atoms with Gasteiger partial charge in [0.05, 0.1) is 6.10 Å². The van der Waals surface area contributed by atoms with Crippen molar-refractivity contribution in [3.05, 3.63) is 30.3 Å². The van der Waals surface area contributed by atoms with E-state index in [1.807, 2.05) is 11.9 Å². The van der Waals surface area contributed by atoms with Gasteiger partial charge in [0, 0.05) is 65.0 Å². The normalized spacial score (nSPS) is 21.9. The van der Waals surface area contributed by atoms with E-state index < -0.39 is 0 Å². The van der Waals surface area contributed by atoms with Gasteiger partial charge in [0.15, 0.2) is 0 Å². The summed E-state index contributed by atoms with van der Waals surface area (Å²) in [5.41, 5.74) is 1.30. The van der Waals surface area contributed by atoms with Gasteiger partial charge < -0.3 is 14.5 Å². The molecule has 5 heteroatoms. The fourth-order valence-corrected chi connectivity index (χ4v) is 3.51. The molecule has 2 aliphatic heterocycles. The van der Waals surface area contributed by atoms with Crippen molar-refractivity contribution in [2.45, 2.75) is 25.4 Å². The van der Waals surface area contributed by atoms with Crippen molar-refractivity contribution in [3.8, 4) is 0 Å². The third kappa shape index (κ3) is 4.71. The first-order valence-corrected chi connectivity index (χ1v) is 9.10. The number of para-hydroxylation sites is 1. The lowest BCUT2D eigenvalue weighted by atomic mass is 10.2. The highest BCUT2D eigenvalue weighted by molar-refractivity contribution is 5.76. The highest BCUT2D eigenvalue weighted by Crippen LogP contribution is 2.16. The number of rotatable bonds is 6. The van der Waals surface area contributed by atoms with Gasteiger partial charge in [-0.3, -0.25) is 9.69 Å². The van der Waals surface area contributed by atoms with Gasteiger partial charge in [0.1, 0.15) is 0 Å². The lowest BCUT2D eigenvalue weighted by Gasteiger charge is -2.36. The minimum atomic E-state index is 0.232. The summed E-state index contributed by atoms with van der Waals surface area (Å²) in [4.78, 5) is 19.0. The number of ether oxygens (including phenoxy) is 1. The van der Waals surface area contributed by atoms with Crippen LogP contribution >= 0.6 is 0 Å². The second-order valence-corrected chi connectivity index (χ2v) is 6.82. The third-order valence-corrected chi connectivity index (χ3v) is 5.06. The standard InChI is InChI=1S/C19H29N3O2/c1-20(16-18-8-5-15-24-18)19(23)9-10-21-11-13-22(14-12-21)17-6-3-2-4-7-17/h2-4,6-7,18H,5,8-16H2,1H3/t18-/m0/s1. The summed E-state index contributed by atoms with van der Waals surface area (Å²) in [6.07, 6.45) is 3.06. The Kier molecular flexibility index (Phi) is 6.10. The molecule has 0 N–H and O–H groups in total. The first-order valence-electron chi connectivity index (χ1n) is 9.10. The Labute approximate surface area is 145 Å². The molecular formula is C19H29N3O2. The minimum Gasteiger partial charge on any atom is -0.376 e. The monoisotopic (exact) mass is 331 g/mol. The van der Waals surface area contributed by atoms with Crippen LogP contribution in [0.3, 0.4) is 0 Å². The molecule has 2 fully saturated rings. The number of hydrogen-bond donors (Lipinski definition) is 0. The van der Waals surface area contributed by atoms with Crippen LogP contribution in [0.1, 0.15) is 19.3 Å². The van der Waals surface area contributed by atoms with Crippen molar-refractivity contribution in [2.24, 2.45) is 0 Å². The predicted molar refractivity (Wildman–Crippen MR) is 96.3 cm³/mol. The largest absolute Gasteiger partial charge is 0.376 e. The number of piperazine rings is 1. The molecule has 24 heavy (non-hydrogen) atoms. The molecule has 2 heterocycles. The SMILES string of the molecule is CN(C[C@@H]1CCCO1)C(=O)CCN1CCN(c2ccccc2)CC1. The Morgan fingerprint density at radius 1 is 1.21 bits per heavy atom. The summed E-state index contributed by atoms with van der Waals surface area (Å²) < 4.78 is 5.61. The highest BCUT2D eigenvalue weighted by Gasteiger charge is 2.21. The fourth-order valence-electron chi connectivity index (χ4n) is 3.51. The van der Waals surface area contributed by atoms with Crippen molar-refractivity contribution in [1.82, 2.24) is 9.80 Å². The highest BCUT2D eigenvalue weighted by atomic mass is 16.5. The molecule has 5 nitrogen and oxygen atoms in total. The average molecular weight is 331 g/mol. The van der Waals surface area contributed by atoms with E-state index in [0.717, 1.165) is 58.7 Å². The number of anilines is 1. The summed E-state index contributed by atoms with van der Waals surface area (Å²) in [7, 11) is 1.90. The molecule has 2 saturated heterocycles. The maximum absolute atomic E-state index is 12.3. The van der Waals surface area contributed by atoms with E-state index in [9.17, 15) is 4.79 Å². The number of carbonyl (C=O) groups is 1. The van der Waals surface area contributed by atoms with Crippen LogP contribution in [0.4, 0.5) is 5.69 Å². The van der Waals surface area contributed by atoms with Crippen molar-refractivity contribution >= 4 is 11.6 Å². The number of nitrogens with zero attached hydrogens (tertiary/aromatic N) is 3. The first-order chi connectivity index (χ1) is 11.7. The van der Waals surface area contributed by atoms with Gasteiger partial charge in [0.2, 0.25) is 5.91 Å². The lowest BCUT2D eigenvalue weighted by Crippen LogP contribution is -2.47. The molecule has 1 aromatic rings. The van der Waals surface area contributed by atoms with Gasteiger partial charge in [-0.25, -0.2) is 0 Å². The molecule has 3 rings (SSSR count). The smallest absolute Gasteiger partial charge is 0.223 e. The average Bonchev–Trinajstić information content (AvgIpc) is 3.14. The quantitative estimate of drug-likeness (QED) is 0.797. The Bertz CT molecular complexity index is 509. The zero-order chi connectivity index (χ0) is 16.8. The van der Waals surface area contributed by atoms with Crippen LogP contribution in [0.15, 0.2) is 30.3 Å². The van der Waals surface area contributed by atoms with Crippen LogP contribution in [-0.2, 0) is 9.53 Å². The molecule has 1 atom stereocenters. The third-order valence-electron chi connectivity index (χ3n) is 5.06. The fraction of sp³-hybridized carbons (Fsp3) is 0.632. The van der Waals surface area contributed by atoms with E-state index in [2.05, 4.69) is 40.1 Å². The number of hydrogen-bond acceptors (Lipinski definition) is 4. The van der Waals surface area contributed by atoms with Crippen molar-refractivity contribution in [1.29, 1.82) is 0 Å². The molecule has 0 unspecified atom stereocenters. The van der Waals surface area contributed by atoms with Gasteiger partial charge in [0.25, 0.3) is 0 Å². The van der Waals surface area contributed by atoms with Crippen LogP contribution < -0.4 is 4.90 Å². The van der Waals surface area contributed by atoms with E-state index in [1.165, 1.54) is 5.69 Å². The van der Waals surface area contributed by atoms with Gasteiger partial charge >= 0.3 is 0 Å². The number of carbonyl (C=O) groups excluding carboxylic acids is 1. The zero-order valence-corrected chi connectivity index (χ0v) is 14.7. The molecule has 0 bridgehead atoms. The molecule has 2 aliphatic rings. The van der Waals surface area contributed by atoms with Crippen LogP contribution in [0, 0.1) is 0 Å². The van der Waals surface area contributed by atoms with Crippen molar-refractivity contribution in [3.63, 3.8) is 0 Å². The van der Waals surface area contributed by atoms with Gasteiger partial charge in [-0.05, 0) is 25.0 Å². The van der Waals surface area contributed by atoms with Crippen molar-refractivity contribution in [2.75, 3.05) is 57.8 Å². The summed E-state index contributed by atoms with van der Waals surface area (Å²) in [5, 5.41) is 0. The van der Waals surface area contributed by atoms with Gasteiger partial charge in [-0.2, -0.15) is 0 Å². The number of likely N-dealkylation sites (N-methyl/N-ethyl adjacent to an activating group) is 1. The Hall–Kier alpha value is -1.59. The van der Waals surface area contributed by atoms with E-state index in [1.54, 1.807) is 0 Å². The minimum absolute atomic E-state index is 0.232. The summed E-state index contributed by atoms with van der Waals surface area (Å²) in [6.45, 7) is 6.56. The summed E-state index contributed by atoms with van der Waals surface area (Å²) >= 11 is 0. The molecule has 1 aromatic carbocycles. The van der Waals surface area contributed by atoms with E-state index >= 15 is 0 Å². The maximum Gasteiger partial charge on any atom is 0.223 e. The first kappa shape index (κ1) is 17.2. The Morgan fingerprint density at radius 2 is 1.96 bits per heavy atom. The number of amides is 1. The molecule has 132 valence electrons. The summed E-state index contributed by atoms with van der Waals surface area (Å²) in [5.74, 6) is 0.232. The van der Waals surface area contributed by atoms with Gasteiger partial charge in [-0.1, -0.05) is 18.2 Å². The second-order valence-electron chi connectivity index (χ2n) is 6.82. The van der Waals surface area contributed by atoms with Crippen molar-refractivity contribution < 1.29 is 9.53 Å². The molecule has 0 spiro atoms. The van der Waals surface area contributed by atoms with Gasteiger partial charge in [-0.15, -0.1) is 0 Å². The zero-order valence-electron chi connectivity index (χ0n) is 14.7. The number of benzene rings is 1. The molecule has 0 radical (unpaired) electrons. The Balaban J connectivity index is 1.36. The molecule has 0 aromatic heterocycles. The molecule has 1 amide bonds. The van der Waals surface area contributed by atoms with Crippen LogP contribution in [-0.4, -0.2) is 74.7 Å². The topological polar surface area (TPSA) is 36.0 Å². The second kappa shape index (κ2) is 8.49. The Morgan fingerprint density at radius 3 is 2.62 bits per heavy atom. The van der Waals surface area contributed by atoms with Crippen LogP contribution in [0.5, 0.6) is 0 Å². The van der Waals surface area contributed by atoms with E-state index in [0.29, 0.717) is 6.42 Å². The summed E-state index contributed by atoms with van der Waals surface area (Å²) in [6, 6.07) is 10.6. The predicted octanol–water partition coefficient (Wildman–Crippen LogP) is 1.84. The van der Waals surface area contributed by atoms with Crippen LogP contribution in [0.2, 0.25) is 0 Å². The molecular weight excluding hydrogens is 302 g/mol. The van der Waals surface area contributed by atoms with E-state index in [-0.39, 0.29) is 12.0 Å². The molecule has 0 saturated carbocycles. The maximum atomic E-state index is 12.3. The molecule has 0 aliphatic carbocycles. The van der Waals surface area contributed by atoms with E-state index in [4.69, 9.17) is 4.74 Å². The lowest BCUT2D eigenvalue weighted by molar-refractivity contribution is -0.131.